The number of hydrogen-bond donors (Lipinski definition) is 1. The Balaban J connectivity index is 2.34. The van der Waals surface area contributed by atoms with Crippen molar-refractivity contribution in [3.05, 3.63) is 35.4 Å². The van der Waals surface area contributed by atoms with E-state index in [1.807, 2.05) is 19.1 Å². The third kappa shape index (κ3) is 3.43. The van der Waals surface area contributed by atoms with Gasteiger partial charge in [-0.15, -0.1) is 0 Å². The summed E-state index contributed by atoms with van der Waals surface area (Å²) < 4.78 is 40.7. The number of rotatable bonds is 4. The highest BCUT2D eigenvalue weighted by molar-refractivity contribution is 5.79. The molecule has 0 spiro atoms. The molecule has 0 radical (unpaired) electrons. The van der Waals surface area contributed by atoms with Crippen LogP contribution in [0, 0.1) is 0 Å². The number of carbonyl (C=O) groups is 1. The molecule has 1 saturated heterocycles. The third-order valence-electron chi connectivity index (χ3n) is 4.09. The average Bonchev–Trinajstić information content (AvgIpc) is 2.67. The molecule has 3 nitrogen and oxygen atoms in total. The number of halogens is 3. The summed E-state index contributed by atoms with van der Waals surface area (Å²) >= 11 is 0. The van der Waals surface area contributed by atoms with Gasteiger partial charge >= 0.3 is 6.18 Å². The largest absolute Gasteiger partial charge is 0.406 e. The second kappa shape index (κ2) is 5.91. The van der Waals surface area contributed by atoms with Gasteiger partial charge in [-0.25, -0.2) is 5.01 Å². The Bertz CT molecular complexity index is 555. The fraction of sp³-hybridized carbons (Fsp3) is 0.562. The minimum Gasteiger partial charge on any atom is -0.288 e. The summed E-state index contributed by atoms with van der Waals surface area (Å²) in [7, 11) is 0. The molecule has 2 rings (SSSR count). The molecule has 1 aromatic carbocycles. The van der Waals surface area contributed by atoms with E-state index < -0.39 is 17.8 Å². The quantitative estimate of drug-likeness (QED) is 0.925. The Morgan fingerprint density at radius 2 is 1.86 bits per heavy atom. The molecule has 0 bridgehead atoms. The summed E-state index contributed by atoms with van der Waals surface area (Å²) in [6.45, 7) is 5.22. The molecule has 0 aromatic heterocycles. The van der Waals surface area contributed by atoms with Crippen LogP contribution >= 0.6 is 0 Å². The number of hydrogen-bond acceptors (Lipinski definition) is 2. The van der Waals surface area contributed by atoms with Crippen LogP contribution in [0.5, 0.6) is 0 Å². The number of aryl methyl sites for hydroxylation is 1. The second-order valence-corrected chi connectivity index (χ2v) is 6.28. The zero-order valence-corrected chi connectivity index (χ0v) is 13.0. The molecule has 1 aliphatic rings. The standard InChI is InChI=1S/C16H21F3N2O/c1-4-11-7-5-6-8-12(11)9-13(16(17,18)19)21-15(2,3)10-14(22)20-21/h5-8,13H,4,9-10H2,1-3H3,(H,20,22)/t13-/m0/s1. The van der Waals surface area contributed by atoms with Gasteiger partial charge in [-0.05, 0) is 37.8 Å². The third-order valence-corrected chi connectivity index (χ3v) is 4.09. The first-order valence-corrected chi connectivity index (χ1v) is 7.37. The van der Waals surface area contributed by atoms with Gasteiger partial charge in [0.1, 0.15) is 6.04 Å². The molecule has 0 aliphatic carbocycles. The molecule has 0 unspecified atom stereocenters. The minimum atomic E-state index is -4.42. The maximum atomic E-state index is 13.6. The Morgan fingerprint density at radius 1 is 1.27 bits per heavy atom. The van der Waals surface area contributed by atoms with E-state index in [4.69, 9.17) is 0 Å². The van der Waals surface area contributed by atoms with Crippen LogP contribution in [0.3, 0.4) is 0 Å². The van der Waals surface area contributed by atoms with E-state index >= 15 is 0 Å². The van der Waals surface area contributed by atoms with Crippen molar-refractivity contribution in [3.63, 3.8) is 0 Å². The van der Waals surface area contributed by atoms with E-state index in [1.54, 1.807) is 26.0 Å². The van der Waals surface area contributed by atoms with Crippen molar-refractivity contribution in [3.8, 4) is 0 Å². The van der Waals surface area contributed by atoms with Gasteiger partial charge in [0.25, 0.3) is 0 Å². The summed E-state index contributed by atoms with van der Waals surface area (Å²) in [5.41, 5.74) is 3.09. The molecule has 0 saturated carbocycles. The molecule has 1 heterocycles. The van der Waals surface area contributed by atoms with Gasteiger partial charge in [0.2, 0.25) is 5.91 Å². The number of benzene rings is 1. The lowest BCUT2D eigenvalue weighted by Crippen LogP contribution is -2.57. The van der Waals surface area contributed by atoms with Gasteiger partial charge in [0.15, 0.2) is 0 Å². The van der Waals surface area contributed by atoms with Crippen LogP contribution in [0.2, 0.25) is 0 Å². The molecule has 1 N–H and O–H groups in total. The monoisotopic (exact) mass is 314 g/mol. The van der Waals surface area contributed by atoms with E-state index in [0.29, 0.717) is 12.0 Å². The first-order valence-electron chi connectivity index (χ1n) is 7.37. The van der Waals surface area contributed by atoms with E-state index in [0.717, 1.165) is 10.6 Å². The molecular weight excluding hydrogens is 293 g/mol. The van der Waals surface area contributed by atoms with Gasteiger partial charge in [0, 0.05) is 12.0 Å². The summed E-state index contributed by atoms with van der Waals surface area (Å²) in [6.07, 6.45) is -3.85. The lowest BCUT2D eigenvalue weighted by molar-refractivity contribution is -0.200. The van der Waals surface area contributed by atoms with Crippen molar-refractivity contribution in [2.24, 2.45) is 0 Å². The van der Waals surface area contributed by atoms with Crippen molar-refractivity contribution in [2.45, 2.75) is 57.8 Å². The fourth-order valence-corrected chi connectivity index (χ4v) is 2.97. The molecule has 122 valence electrons. The zero-order chi connectivity index (χ0) is 16.5. The van der Waals surface area contributed by atoms with Gasteiger partial charge in [-0.2, -0.15) is 13.2 Å². The summed E-state index contributed by atoms with van der Waals surface area (Å²) in [5.74, 6) is -0.372. The van der Waals surface area contributed by atoms with Crippen molar-refractivity contribution in [1.82, 2.24) is 10.4 Å². The predicted molar refractivity (Wildman–Crippen MR) is 78.0 cm³/mol. The fourth-order valence-electron chi connectivity index (χ4n) is 2.97. The van der Waals surface area contributed by atoms with Crippen LogP contribution in [0.4, 0.5) is 13.2 Å². The highest BCUT2D eigenvalue weighted by atomic mass is 19.4. The normalized spacial score (nSPS) is 20.0. The lowest BCUT2D eigenvalue weighted by Gasteiger charge is -2.38. The number of alkyl halides is 3. The molecule has 6 heteroatoms. The van der Waals surface area contributed by atoms with Crippen LogP contribution in [0.15, 0.2) is 24.3 Å². The van der Waals surface area contributed by atoms with Gasteiger partial charge in [0.05, 0.1) is 0 Å². The molecular formula is C16H21F3N2O. The van der Waals surface area contributed by atoms with Crippen molar-refractivity contribution in [1.29, 1.82) is 0 Å². The van der Waals surface area contributed by atoms with Crippen molar-refractivity contribution >= 4 is 5.91 Å². The molecule has 1 aromatic rings. The molecule has 22 heavy (non-hydrogen) atoms. The summed E-state index contributed by atoms with van der Waals surface area (Å²) in [5, 5.41) is 1.07. The molecule has 1 aliphatic heterocycles. The number of carbonyl (C=O) groups excluding carboxylic acids is 1. The first kappa shape index (κ1) is 16.8. The highest BCUT2D eigenvalue weighted by Crippen LogP contribution is 2.35. The van der Waals surface area contributed by atoms with Gasteiger partial charge in [-0.1, -0.05) is 31.2 Å². The van der Waals surface area contributed by atoms with Crippen LogP contribution in [-0.2, 0) is 17.6 Å². The van der Waals surface area contributed by atoms with E-state index in [-0.39, 0.29) is 18.7 Å². The SMILES string of the molecule is CCc1ccccc1C[C@H](N1NC(=O)CC1(C)C)C(F)(F)F. The Kier molecular flexibility index (Phi) is 4.52. The molecule has 1 fully saturated rings. The minimum absolute atomic E-state index is 0.0645. The topological polar surface area (TPSA) is 32.3 Å². The van der Waals surface area contributed by atoms with Gasteiger partial charge < -0.3 is 0 Å². The Morgan fingerprint density at radius 3 is 2.32 bits per heavy atom. The van der Waals surface area contributed by atoms with Crippen LogP contribution in [0.1, 0.15) is 38.3 Å². The van der Waals surface area contributed by atoms with Gasteiger partial charge in [-0.3, -0.25) is 10.2 Å². The van der Waals surface area contributed by atoms with Crippen molar-refractivity contribution in [2.75, 3.05) is 0 Å². The lowest BCUT2D eigenvalue weighted by atomic mass is 9.94. The van der Waals surface area contributed by atoms with E-state index in [2.05, 4.69) is 5.43 Å². The second-order valence-electron chi connectivity index (χ2n) is 6.28. The average molecular weight is 314 g/mol. The van der Waals surface area contributed by atoms with Crippen LogP contribution in [-0.4, -0.2) is 28.7 Å². The Hall–Kier alpha value is -1.56. The van der Waals surface area contributed by atoms with E-state index in [1.165, 1.54) is 0 Å². The predicted octanol–water partition coefficient (Wildman–Crippen LogP) is 3.24. The number of hydrazine groups is 1. The van der Waals surface area contributed by atoms with Crippen LogP contribution in [0.25, 0.3) is 0 Å². The number of nitrogens with one attached hydrogen (secondary N) is 1. The molecule has 1 atom stereocenters. The van der Waals surface area contributed by atoms with Crippen molar-refractivity contribution < 1.29 is 18.0 Å². The first-order chi connectivity index (χ1) is 10.1. The maximum Gasteiger partial charge on any atom is 0.406 e. The smallest absolute Gasteiger partial charge is 0.288 e. The van der Waals surface area contributed by atoms with E-state index in [9.17, 15) is 18.0 Å². The highest BCUT2D eigenvalue weighted by Gasteiger charge is 2.52. The summed E-state index contributed by atoms with van der Waals surface area (Å²) in [4.78, 5) is 11.6. The zero-order valence-electron chi connectivity index (χ0n) is 13.0. The Labute approximate surface area is 128 Å². The summed E-state index contributed by atoms with van der Waals surface area (Å²) in [6, 6.07) is 5.41. The molecule has 1 amide bonds. The number of amides is 1. The van der Waals surface area contributed by atoms with Crippen LogP contribution < -0.4 is 5.43 Å². The maximum absolute atomic E-state index is 13.6. The number of nitrogens with zero attached hydrogens (tertiary/aromatic N) is 1.